The molecular weight excluding hydrogens is 310 g/mol. The van der Waals surface area contributed by atoms with E-state index in [1.807, 2.05) is 18.2 Å². The minimum Gasteiger partial charge on any atom is -0.321 e. The summed E-state index contributed by atoms with van der Waals surface area (Å²) in [7, 11) is 0. The summed E-state index contributed by atoms with van der Waals surface area (Å²) in [6.07, 6.45) is 9.80. The predicted octanol–water partition coefficient (Wildman–Crippen LogP) is 5.38. The normalized spacial score (nSPS) is 21.6. The Hall–Kier alpha value is -0.310. The molecule has 0 bridgehead atoms. The van der Waals surface area contributed by atoms with Crippen molar-refractivity contribution in [3.63, 3.8) is 0 Å². The van der Waals surface area contributed by atoms with Crippen LogP contribution in [0.25, 0.3) is 0 Å². The molecule has 1 nitrogen and oxygen atoms in total. The molecule has 18 heavy (non-hydrogen) atoms. The molecule has 98 valence electrons. The van der Waals surface area contributed by atoms with Crippen molar-refractivity contribution in [2.75, 3.05) is 0 Å². The van der Waals surface area contributed by atoms with Gasteiger partial charge >= 0.3 is 0 Å². The number of rotatable bonds is 2. The molecule has 1 aromatic rings. The Balaban J connectivity index is 2.23. The molecule has 0 saturated heterocycles. The van der Waals surface area contributed by atoms with Crippen molar-refractivity contribution < 1.29 is 0 Å². The van der Waals surface area contributed by atoms with Crippen molar-refractivity contribution in [2.24, 2.45) is 5.73 Å². The summed E-state index contributed by atoms with van der Waals surface area (Å²) in [5.41, 5.74) is 8.85. The highest BCUT2D eigenvalue weighted by atomic mass is 79.9. The lowest BCUT2D eigenvalue weighted by Crippen LogP contribution is -2.14. The van der Waals surface area contributed by atoms with Crippen LogP contribution in [0.4, 0.5) is 0 Å². The van der Waals surface area contributed by atoms with Gasteiger partial charge in [-0.3, -0.25) is 0 Å². The highest BCUT2D eigenvalue weighted by Crippen LogP contribution is 2.32. The van der Waals surface area contributed by atoms with Crippen molar-refractivity contribution in [1.29, 1.82) is 0 Å². The minimum absolute atomic E-state index is 0.0313. The lowest BCUT2D eigenvalue weighted by Gasteiger charge is -2.20. The number of benzene rings is 1. The zero-order chi connectivity index (χ0) is 13.0. The van der Waals surface area contributed by atoms with Gasteiger partial charge < -0.3 is 5.73 Å². The molecule has 2 rings (SSSR count). The van der Waals surface area contributed by atoms with Gasteiger partial charge in [0.2, 0.25) is 0 Å². The SMILES string of the molecule is NC(/C1=C/CCCCCC1)c1cc(Cl)ccc1Br. The molecule has 1 aliphatic rings. The van der Waals surface area contributed by atoms with Gasteiger partial charge in [-0.1, -0.05) is 52.0 Å². The van der Waals surface area contributed by atoms with Crippen LogP contribution in [0.3, 0.4) is 0 Å². The van der Waals surface area contributed by atoms with Crippen LogP contribution in [0.2, 0.25) is 5.02 Å². The van der Waals surface area contributed by atoms with Crippen LogP contribution in [0, 0.1) is 0 Å². The third-order valence-electron chi connectivity index (χ3n) is 3.52. The highest BCUT2D eigenvalue weighted by Gasteiger charge is 2.15. The van der Waals surface area contributed by atoms with E-state index in [1.165, 1.54) is 31.3 Å². The van der Waals surface area contributed by atoms with E-state index >= 15 is 0 Å². The van der Waals surface area contributed by atoms with Crippen molar-refractivity contribution in [1.82, 2.24) is 0 Å². The Kier molecular flexibility index (Phi) is 5.28. The summed E-state index contributed by atoms with van der Waals surface area (Å²) < 4.78 is 1.04. The average Bonchev–Trinajstić information content (AvgIpc) is 2.31. The number of allylic oxidation sites excluding steroid dienone is 1. The third-order valence-corrected chi connectivity index (χ3v) is 4.48. The maximum atomic E-state index is 6.40. The van der Waals surface area contributed by atoms with Crippen LogP contribution >= 0.6 is 27.5 Å². The van der Waals surface area contributed by atoms with Gasteiger partial charge in [0.15, 0.2) is 0 Å². The summed E-state index contributed by atoms with van der Waals surface area (Å²) in [6, 6.07) is 5.79. The van der Waals surface area contributed by atoms with E-state index in [1.54, 1.807) is 0 Å². The number of hydrogen-bond donors (Lipinski definition) is 1. The molecule has 0 amide bonds. The van der Waals surface area contributed by atoms with Crippen molar-refractivity contribution >= 4 is 27.5 Å². The largest absolute Gasteiger partial charge is 0.321 e. The van der Waals surface area contributed by atoms with E-state index < -0.39 is 0 Å². The van der Waals surface area contributed by atoms with Crippen LogP contribution in [0.15, 0.2) is 34.3 Å². The topological polar surface area (TPSA) is 26.0 Å². The zero-order valence-electron chi connectivity index (χ0n) is 10.5. The predicted molar refractivity (Wildman–Crippen MR) is 81.9 cm³/mol. The first-order valence-electron chi connectivity index (χ1n) is 6.58. The van der Waals surface area contributed by atoms with Gasteiger partial charge in [0, 0.05) is 9.50 Å². The number of nitrogens with two attached hydrogens (primary N) is 1. The Morgan fingerprint density at radius 1 is 1.17 bits per heavy atom. The van der Waals surface area contributed by atoms with Gasteiger partial charge in [0.05, 0.1) is 6.04 Å². The molecule has 0 heterocycles. The second kappa shape index (κ2) is 6.74. The maximum Gasteiger partial charge on any atom is 0.0522 e. The molecule has 0 spiro atoms. The van der Waals surface area contributed by atoms with Gasteiger partial charge in [0.25, 0.3) is 0 Å². The summed E-state index contributed by atoms with van der Waals surface area (Å²) in [4.78, 5) is 0. The van der Waals surface area contributed by atoms with Crippen LogP contribution in [-0.4, -0.2) is 0 Å². The fraction of sp³-hybridized carbons (Fsp3) is 0.467. The van der Waals surface area contributed by atoms with Crippen molar-refractivity contribution in [3.05, 3.63) is 44.9 Å². The lowest BCUT2D eigenvalue weighted by molar-refractivity contribution is 0.602. The molecule has 0 aliphatic heterocycles. The summed E-state index contributed by atoms with van der Waals surface area (Å²) >= 11 is 9.63. The van der Waals surface area contributed by atoms with E-state index in [0.29, 0.717) is 0 Å². The average molecular weight is 329 g/mol. The van der Waals surface area contributed by atoms with Crippen LogP contribution in [-0.2, 0) is 0 Å². The first-order chi connectivity index (χ1) is 8.68. The van der Waals surface area contributed by atoms with E-state index in [4.69, 9.17) is 17.3 Å². The second-order valence-electron chi connectivity index (χ2n) is 4.88. The molecule has 0 fully saturated rings. The minimum atomic E-state index is -0.0313. The first kappa shape index (κ1) is 14.1. The van der Waals surface area contributed by atoms with E-state index in [2.05, 4.69) is 22.0 Å². The first-order valence-corrected chi connectivity index (χ1v) is 7.75. The molecule has 0 radical (unpaired) electrons. The molecule has 0 aromatic heterocycles. The molecule has 1 aromatic carbocycles. The van der Waals surface area contributed by atoms with E-state index in [-0.39, 0.29) is 6.04 Å². The quantitative estimate of drug-likeness (QED) is 0.724. The second-order valence-corrected chi connectivity index (χ2v) is 6.17. The Labute approximate surface area is 123 Å². The number of hydrogen-bond acceptors (Lipinski definition) is 1. The number of halogens is 2. The fourth-order valence-electron chi connectivity index (χ4n) is 2.45. The monoisotopic (exact) mass is 327 g/mol. The fourth-order valence-corrected chi connectivity index (χ4v) is 3.13. The Morgan fingerprint density at radius 2 is 1.94 bits per heavy atom. The Bertz CT molecular complexity index is 442. The summed E-state index contributed by atoms with van der Waals surface area (Å²) in [5, 5.41) is 0.745. The van der Waals surface area contributed by atoms with Crippen LogP contribution in [0.1, 0.15) is 50.1 Å². The molecule has 1 aliphatic carbocycles. The molecule has 1 unspecified atom stereocenters. The van der Waals surface area contributed by atoms with Crippen molar-refractivity contribution in [2.45, 2.75) is 44.6 Å². The standard InChI is InChI=1S/C15H19BrClN/c16-14-9-8-12(17)10-13(14)15(18)11-6-4-2-1-3-5-7-11/h6,8-10,15H,1-5,7,18H2/b11-6+. The summed E-state index contributed by atoms with van der Waals surface area (Å²) in [6.45, 7) is 0. The third kappa shape index (κ3) is 3.59. The van der Waals surface area contributed by atoms with Gasteiger partial charge in [-0.25, -0.2) is 0 Å². The molecule has 0 saturated carbocycles. The van der Waals surface area contributed by atoms with Gasteiger partial charge in [-0.05, 0) is 49.4 Å². The van der Waals surface area contributed by atoms with E-state index in [9.17, 15) is 0 Å². The van der Waals surface area contributed by atoms with Gasteiger partial charge in [0.1, 0.15) is 0 Å². The molecule has 1 atom stereocenters. The maximum absolute atomic E-state index is 6.40. The van der Waals surface area contributed by atoms with Gasteiger partial charge in [-0.15, -0.1) is 0 Å². The van der Waals surface area contributed by atoms with Crippen LogP contribution in [0.5, 0.6) is 0 Å². The Morgan fingerprint density at radius 3 is 2.78 bits per heavy atom. The smallest absolute Gasteiger partial charge is 0.0522 e. The molecular formula is C15H19BrClN. The molecule has 2 N–H and O–H groups in total. The molecule has 3 heteroatoms. The van der Waals surface area contributed by atoms with E-state index in [0.717, 1.165) is 27.9 Å². The van der Waals surface area contributed by atoms with Gasteiger partial charge in [-0.2, -0.15) is 0 Å². The lowest BCUT2D eigenvalue weighted by atomic mass is 9.91. The highest BCUT2D eigenvalue weighted by molar-refractivity contribution is 9.10. The van der Waals surface area contributed by atoms with Crippen molar-refractivity contribution in [3.8, 4) is 0 Å². The summed E-state index contributed by atoms with van der Waals surface area (Å²) in [5.74, 6) is 0. The zero-order valence-corrected chi connectivity index (χ0v) is 12.8. The van der Waals surface area contributed by atoms with Crippen LogP contribution < -0.4 is 5.73 Å².